The van der Waals surface area contributed by atoms with E-state index in [0.717, 1.165) is 0 Å². The standard InChI is InChI=1S/C15H25O8P/c1-5-19-14(17)15(24(18,20-6-2)21-7-3)23-13-9-8-12(10-13)22-11(4)16/h8-9,12-13,15H,5-7,10H2,1-4H3/t12-,13+,15?/m1/s1. The Balaban J connectivity index is 2.87. The molecule has 0 fully saturated rings. The van der Waals surface area contributed by atoms with Gasteiger partial charge in [-0.15, -0.1) is 0 Å². The van der Waals surface area contributed by atoms with Crippen LogP contribution in [0.2, 0.25) is 0 Å². The summed E-state index contributed by atoms with van der Waals surface area (Å²) in [6, 6.07) is 0. The molecule has 1 aliphatic carbocycles. The highest BCUT2D eigenvalue weighted by Crippen LogP contribution is 2.54. The number of hydrogen-bond donors (Lipinski definition) is 0. The lowest BCUT2D eigenvalue weighted by molar-refractivity contribution is -0.155. The van der Waals surface area contributed by atoms with E-state index in [1.54, 1.807) is 32.9 Å². The second-order valence-electron chi connectivity index (χ2n) is 4.92. The average Bonchev–Trinajstić information content (AvgIpc) is 2.91. The first kappa shape index (κ1) is 20.8. The van der Waals surface area contributed by atoms with Gasteiger partial charge in [-0.3, -0.25) is 9.36 Å². The Morgan fingerprint density at radius 1 is 1.08 bits per heavy atom. The first-order valence-corrected chi connectivity index (χ1v) is 9.53. The lowest BCUT2D eigenvalue weighted by Crippen LogP contribution is -2.32. The Morgan fingerprint density at radius 3 is 2.17 bits per heavy atom. The molecule has 24 heavy (non-hydrogen) atoms. The fourth-order valence-electron chi connectivity index (χ4n) is 2.21. The molecule has 9 heteroatoms. The van der Waals surface area contributed by atoms with Crippen molar-refractivity contribution >= 4 is 19.5 Å². The number of carbonyl (C=O) groups excluding carboxylic acids is 2. The Bertz CT molecular complexity index is 494. The van der Waals surface area contributed by atoms with E-state index in [0.29, 0.717) is 6.42 Å². The highest BCUT2D eigenvalue weighted by molar-refractivity contribution is 7.55. The van der Waals surface area contributed by atoms with Crippen molar-refractivity contribution in [2.75, 3.05) is 19.8 Å². The summed E-state index contributed by atoms with van der Waals surface area (Å²) in [6.07, 6.45) is 2.59. The van der Waals surface area contributed by atoms with Crippen LogP contribution in [0.3, 0.4) is 0 Å². The molecular formula is C15H25O8P. The van der Waals surface area contributed by atoms with Crippen molar-refractivity contribution in [2.24, 2.45) is 0 Å². The number of carbonyl (C=O) groups is 2. The van der Waals surface area contributed by atoms with E-state index in [1.807, 2.05) is 0 Å². The van der Waals surface area contributed by atoms with Gasteiger partial charge in [0, 0.05) is 13.3 Å². The largest absolute Gasteiger partial charge is 0.464 e. The second kappa shape index (κ2) is 9.93. The van der Waals surface area contributed by atoms with Crippen molar-refractivity contribution in [3.8, 4) is 0 Å². The third kappa shape index (κ3) is 6.02. The first-order chi connectivity index (χ1) is 11.4. The highest BCUT2D eigenvalue weighted by Gasteiger charge is 2.45. The van der Waals surface area contributed by atoms with Crippen LogP contribution in [0.4, 0.5) is 0 Å². The highest BCUT2D eigenvalue weighted by atomic mass is 31.2. The number of ether oxygens (including phenoxy) is 3. The number of hydrogen-bond acceptors (Lipinski definition) is 8. The maximum Gasteiger partial charge on any atom is 0.370 e. The van der Waals surface area contributed by atoms with Crippen LogP contribution in [0.15, 0.2) is 12.2 Å². The molecule has 0 heterocycles. The van der Waals surface area contributed by atoms with Gasteiger partial charge in [0.2, 0.25) is 0 Å². The normalized spacial score (nSPS) is 21.5. The van der Waals surface area contributed by atoms with Crippen LogP contribution < -0.4 is 0 Å². The van der Waals surface area contributed by atoms with Gasteiger partial charge in [-0.05, 0) is 26.8 Å². The molecule has 1 rings (SSSR count). The molecule has 0 spiro atoms. The van der Waals surface area contributed by atoms with E-state index < -0.39 is 37.6 Å². The Kier molecular flexibility index (Phi) is 8.62. The van der Waals surface area contributed by atoms with Crippen LogP contribution in [0.25, 0.3) is 0 Å². The fourth-order valence-corrected chi connectivity index (χ4v) is 3.91. The summed E-state index contributed by atoms with van der Waals surface area (Å²) in [5.41, 5.74) is 0. The van der Waals surface area contributed by atoms with E-state index in [9.17, 15) is 14.2 Å². The molecule has 1 unspecified atom stereocenters. The summed E-state index contributed by atoms with van der Waals surface area (Å²) in [5, 5.41) is 0. The van der Waals surface area contributed by atoms with Gasteiger partial charge in [0.15, 0.2) is 0 Å². The van der Waals surface area contributed by atoms with E-state index in [4.69, 9.17) is 23.3 Å². The molecule has 3 atom stereocenters. The number of esters is 2. The second-order valence-corrected chi connectivity index (χ2v) is 6.99. The molecular weight excluding hydrogens is 339 g/mol. The quantitative estimate of drug-likeness (QED) is 0.331. The molecule has 0 aliphatic heterocycles. The Labute approximate surface area is 142 Å². The van der Waals surface area contributed by atoms with Gasteiger partial charge in [0.05, 0.1) is 25.9 Å². The van der Waals surface area contributed by atoms with Gasteiger partial charge in [-0.2, -0.15) is 0 Å². The summed E-state index contributed by atoms with van der Waals surface area (Å²) in [7, 11) is -3.85. The van der Waals surface area contributed by atoms with Crippen molar-refractivity contribution in [2.45, 2.75) is 52.2 Å². The Hall–Kier alpha value is -1.21. The summed E-state index contributed by atoms with van der Waals surface area (Å²) >= 11 is 0. The van der Waals surface area contributed by atoms with Gasteiger partial charge in [0.25, 0.3) is 5.85 Å². The third-order valence-corrected chi connectivity index (χ3v) is 5.16. The van der Waals surface area contributed by atoms with Gasteiger partial charge in [0.1, 0.15) is 6.10 Å². The minimum atomic E-state index is -3.85. The zero-order chi connectivity index (χ0) is 18.2. The monoisotopic (exact) mass is 364 g/mol. The van der Waals surface area contributed by atoms with Gasteiger partial charge >= 0.3 is 19.5 Å². The molecule has 0 N–H and O–H groups in total. The fraction of sp³-hybridized carbons (Fsp3) is 0.733. The van der Waals surface area contributed by atoms with Crippen LogP contribution in [0.1, 0.15) is 34.1 Å². The third-order valence-electron chi connectivity index (χ3n) is 3.02. The zero-order valence-electron chi connectivity index (χ0n) is 14.4. The van der Waals surface area contributed by atoms with Crippen molar-refractivity contribution in [3.05, 3.63) is 12.2 Å². The van der Waals surface area contributed by atoms with Crippen LogP contribution in [-0.2, 0) is 37.4 Å². The predicted molar refractivity (Wildman–Crippen MR) is 85.5 cm³/mol. The van der Waals surface area contributed by atoms with E-state index >= 15 is 0 Å². The van der Waals surface area contributed by atoms with Crippen LogP contribution in [0, 0.1) is 0 Å². The van der Waals surface area contributed by atoms with Crippen molar-refractivity contribution in [1.82, 2.24) is 0 Å². The van der Waals surface area contributed by atoms with Gasteiger partial charge in [-0.1, -0.05) is 6.08 Å². The van der Waals surface area contributed by atoms with E-state index in [-0.39, 0.29) is 19.8 Å². The van der Waals surface area contributed by atoms with Crippen LogP contribution in [-0.4, -0.2) is 49.8 Å². The smallest absolute Gasteiger partial charge is 0.370 e. The Morgan fingerprint density at radius 2 is 1.67 bits per heavy atom. The zero-order valence-corrected chi connectivity index (χ0v) is 15.3. The van der Waals surface area contributed by atoms with Crippen molar-refractivity contribution < 1.29 is 37.4 Å². The van der Waals surface area contributed by atoms with E-state index in [2.05, 4.69) is 0 Å². The van der Waals surface area contributed by atoms with Crippen molar-refractivity contribution in [3.63, 3.8) is 0 Å². The van der Waals surface area contributed by atoms with Crippen molar-refractivity contribution in [1.29, 1.82) is 0 Å². The summed E-state index contributed by atoms with van der Waals surface area (Å²) in [5.74, 6) is -2.73. The molecule has 0 amide bonds. The van der Waals surface area contributed by atoms with Crippen LogP contribution in [0.5, 0.6) is 0 Å². The molecule has 8 nitrogen and oxygen atoms in total. The maximum atomic E-state index is 12.9. The summed E-state index contributed by atoms with van der Waals surface area (Å²) in [4.78, 5) is 23.2. The molecule has 0 aromatic rings. The van der Waals surface area contributed by atoms with E-state index in [1.165, 1.54) is 6.92 Å². The first-order valence-electron chi connectivity index (χ1n) is 7.92. The van der Waals surface area contributed by atoms with Gasteiger partial charge < -0.3 is 23.3 Å². The maximum absolute atomic E-state index is 12.9. The minimum Gasteiger partial charge on any atom is -0.464 e. The molecule has 0 aromatic heterocycles. The lowest BCUT2D eigenvalue weighted by Gasteiger charge is -2.26. The minimum absolute atomic E-state index is 0.0904. The molecule has 0 bridgehead atoms. The molecule has 0 saturated carbocycles. The summed E-state index contributed by atoms with van der Waals surface area (Å²) < 4.78 is 38.9. The molecule has 138 valence electrons. The molecule has 0 saturated heterocycles. The van der Waals surface area contributed by atoms with Crippen LogP contribution >= 0.6 is 7.60 Å². The summed E-state index contributed by atoms with van der Waals surface area (Å²) in [6.45, 7) is 6.50. The average molecular weight is 364 g/mol. The van der Waals surface area contributed by atoms with Gasteiger partial charge in [-0.25, -0.2) is 4.79 Å². The molecule has 0 aromatic carbocycles. The SMILES string of the molecule is CCOC(=O)C(O[C@H]1C=C[C@@H](OC(C)=O)C1)P(=O)(OCC)OCC. The topological polar surface area (TPSA) is 97.4 Å². The molecule has 1 aliphatic rings. The number of rotatable bonds is 10. The lowest BCUT2D eigenvalue weighted by atomic mass is 10.3. The predicted octanol–water partition coefficient (Wildman–Crippen LogP) is 2.42. The molecule has 0 radical (unpaired) electrons.